The minimum absolute atomic E-state index is 0.137. The van der Waals surface area contributed by atoms with Crippen LogP contribution in [-0.2, 0) is 14.9 Å². The van der Waals surface area contributed by atoms with E-state index in [-0.39, 0.29) is 11.4 Å². The van der Waals surface area contributed by atoms with Gasteiger partial charge in [-0.15, -0.1) is 0 Å². The van der Waals surface area contributed by atoms with Crippen molar-refractivity contribution in [2.45, 2.75) is 31.6 Å². The van der Waals surface area contributed by atoms with Crippen LogP contribution in [0.5, 0.6) is 0 Å². The second-order valence-corrected chi connectivity index (χ2v) is 5.27. The molecule has 0 aliphatic rings. The molecule has 1 aromatic carbocycles. The van der Waals surface area contributed by atoms with Crippen LogP contribution in [0.15, 0.2) is 30.3 Å². The van der Waals surface area contributed by atoms with Crippen LogP contribution in [0.3, 0.4) is 0 Å². The Morgan fingerprint density at radius 1 is 1.35 bits per heavy atom. The van der Waals surface area contributed by atoms with E-state index in [0.29, 0.717) is 6.42 Å². The van der Waals surface area contributed by atoms with E-state index in [2.05, 4.69) is 35.0 Å². The van der Waals surface area contributed by atoms with Crippen LogP contribution < -0.4 is 0 Å². The summed E-state index contributed by atoms with van der Waals surface area (Å²) >= 11 is 3.44. The van der Waals surface area contributed by atoms with Crippen molar-refractivity contribution >= 4 is 21.9 Å². The van der Waals surface area contributed by atoms with E-state index in [0.717, 1.165) is 18.2 Å². The number of carbonyl (C=O) groups excluding carboxylic acids is 1. The standard InChI is InChI=1S/C14H19BrO2/c1-14(9-6-10-15,11-13(16)17-2)12-7-4-3-5-8-12/h3-5,7-8H,6,9-11H2,1-2H3. The van der Waals surface area contributed by atoms with Crippen molar-refractivity contribution in [1.82, 2.24) is 0 Å². The Labute approximate surface area is 111 Å². The van der Waals surface area contributed by atoms with Crippen molar-refractivity contribution in [3.8, 4) is 0 Å². The van der Waals surface area contributed by atoms with Gasteiger partial charge in [0.1, 0.15) is 0 Å². The van der Waals surface area contributed by atoms with E-state index < -0.39 is 0 Å². The molecule has 0 saturated heterocycles. The van der Waals surface area contributed by atoms with E-state index in [1.165, 1.54) is 12.7 Å². The highest BCUT2D eigenvalue weighted by molar-refractivity contribution is 9.09. The molecule has 17 heavy (non-hydrogen) atoms. The molecule has 0 amide bonds. The summed E-state index contributed by atoms with van der Waals surface area (Å²) in [4.78, 5) is 11.5. The second-order valence-electron chi connectivity index (χ2n) is 4.47. The number of ether oxygens (including phenoxy) is 1. The summed E-state index contributed by atoms with van der Waals surface area (Å²) in [6.07, 6.45) is 2.44. The lowest BCUT2D eigenvalue weighted by molar-refractivity contribution is -0.142. The van der Waals surface area contributed by atoms with Gasteiger partial charge in [-0.3, -0.25) is 4.79 Å². The van der Waals surface area contributed by atoms with Crippen LogP contribution in [-0.4, -0.2) is 18.4 Å². The highest BCUT2D eigenvalue weighted by Gasteiger charge is 2.29. The summed E-state index contributed by atoms with van der Waals surface area (Å²) in [6, 6.07) is 10.2. The van der Waals surface area contributed by atoms with E-state index >= 15 is 0 Å². The van der Waals surface area contributed by atoms with Gasteiger partial charge in [-0.1, -0.05) is 53.2 Å². The van der Waals surface area contributed by atoms with Crippen LogP contribution in [0.2, 0.25) is 0 Å². The van der Waals surface area contributed by atoms with Crippen molar-refractivity contribution in [2.24, 2.45) is 0 Å². The number of hydrogen-bond acceptors (Lipinski definition) is 2. The Morgan fingerprint density at radius 2 is 2.00 bits per heavy atom. The lowest BCUT2D eigenvalue weighted by Crippen LogP contribution is -2.26. The first kappa shape index (κ1) is 14.2. The first-order chi connectivity index (χ1) is 8.12. The number of alkyl halides is 1. The van der Waals surface area contributed by atoms with Crippen molar-refractivity contribution in [1.29, 1.82) is 0 Å². The molecule has 0 saturated carbocycles. The fourth-order valence-corrected chi connectivity index (χ4v) is 2.30. The lowest BCUT2D eigenvalue weighted by atomic mass is 9.76. The third-order valence-electron chi connectivity index (χ3n) is 3.10. The molecule has 1 rings (SSSR count). The molecular formula is C14H19BrO2. The second kappa shape index (κ2) is 6.80. The lowest BCUT2D eigenvalue weighted by Gasteiger charge is -2.29. The zero-order valence-corrected chi connectivity index (χ0v) is 12.0. The molecule has 0 aromatic heterocycles. The van der Waals surface area contributed by atoms with Gasteiger partial charge in [0.15, 0.2) is 0 Å². The maximum atomic E-state index is 11.5. The zero-order chi connectivity index (χ0) is 12.7. The summed E-state index contributed by atoms with van der Waals surface area (Å²) in [5, 5.41) is 0.955. The number of methoxy groups -OCH3 is 1. The van der Waals surface area contributed by atoms with Gasteiger partial charge in [0, 0.05) is 10.7 Å². The summed E-state index contributed by atoms with van der Waals surface area (Å²) in [7, 11) is 1.44. The highest BCUT2D eigenvalue weighted by Crippen LogP contribution is 2.33. The van der Waals surface area contributed by atoms with Crippen molar-refractivity contribution < 1.29 is 9.53 Å². The van der Waals surface area contributed by atoms with Gasteiger partial charge in [0.25, 0.3) is 0 Å². The van der Waals surface area contributed by atoms with Crippen molar-refractivity contribution in [2.75, 3.05) is 12.4 Å². The molecule has 0 radical (unpaired) electrons. The third kappa shape index (κ3) is 4.15. The van der Waals surface area contributed by atoms with Gasteiger partial charge in [-0.25, -0.2) is 0 Å². The zero-order valence-electron chi connectivity index (χ0n) is 10.4. The molecule has 3 heteroatoms. The van der Waals surface area contributed by atoms with Gasteiger partial charge in [-0.05, 0) is 18.4 Å². The topological polar surface area (TPSA) is 26.3 Å². The quantitative estimate of drug-likeness (QED) is 0.591. The normalized spacial score (nSPS) is 14.1. The first-order valence-electron chi connectivity index (χ1n) is 5.81. The molecule has 0 spiro atoms. The fourth-order valence-electron chi connectivity index (χ4n) is 2.02. The van der Waals surface area contributed by atoms with E-state index in [9.17, 15) is 4.79 Å². The maximum Gasteiger partial charge on any atom is 0.306 e. The number of benzene rings is 1. The first-order valence-corrected chi connectivity index (χ1v) is 6.93. The van der Waals surface area contributed by atoms with Crippen LogP contribution in [0.25, 0.3) is 0 Å². The Morgan fingerprint density at radius 3 is 2.53 bits per heavy atom. The molecule has 94 valence electrons. The predicted molar refractivity (Wildman–Crippen MR) is 73.5 cm³/mol. The molecule has 0 N–H and O–H groups in total. The molecule has 0 bridgehead atoms. The van der Waals surface area contributed by atoms with Gasteiger partial charge in [0.2, 0.25) is 0 Å². The minimum Gasteiger partial charge on any atom is -0.469 e. The average Bonchev–Trinajstić information content (AvgIpc) is 2.37. The van der Waals surface area contributed by atoms with E-state index in [4.69, 9.17) is 4.74 Å². The number of carbonyl (C=O) groups is 1. The molecule has 0 fully saturated rings. The van der Waals surface area contributed by atoms with Gasteiger partial charge >= 0.3 is 5.97 Å². The van der Waals surface area contributed by atoms with Gasteiger partial charge < -0.3 is 4.74 Å². The van der Waals surface area contributed by atoms with E-state index in [1.54, 1.807) is 0 Å². The van der Waals surface area contributed by atoms with Crippen LogP contribution in [0, 0.1) is 0 Å². The van der Waals surface area contributed by atoms with Crippen molar-refractivity contribution in [3.63, 3.8) is 0 Å². The van der Waals surface area contributed by atoms with Gasteiger partial charge in [0.05, 0.1) is 13.5 Å². The maximum absolute atomic E-state index is 11.5. The summed E-state index contributed by atoms with van der Waals surface area (Å²) < 4.78 is 4.80. The largest absolute Gasteiger partial charge is 0.469 e. The molecule has 1 atom stereocenters. The minimum atomic E-state index is -0.147. The Bertz CT molecular complexity index is 350. The monoisotopic (exact) mass is 298 g/mol. The Kier molecular flexibility index (Phi) is 5.69. The fraction of sp³-hybridized carbons (Fsp3) is 0.500. The van der Waals surface area contributed by atoms with Crippen LogP contribution in [0.4, 0.5) is 0 Å². The number of hydrogen-bond donors (Lipinski definition) is 0. The van der Waals surface area contributed by atoms with Crippen LogP contribution in [0.1, 0.15) is 31.7 Å². The Balaban J connectivity index is 2.89. The predicted octanol–water partition coefficient (Wildman–Crippen LogP) is 3.68. The average molecular weight is 299 g/mol. The molecule has 1 unspecified atom stereocenters. The van der Waals surface area contributed by atoms with E-state index in [1.807, 2.05) is 18.2 Å². The number of rotatable bonds is 6. The number of esters is 1. The highest BCUT2D eigenvalue weighted by atomic mass is 79.9. The molecular weight excluding hydrogens is 280 g/mol. The SMILES string of the molecule is COC(=O)CC(C)(CCCBr)c1ccccc1. The molecule has 0 aliphatic carbocycles. The third-order valence-corrected chi connectivity index (χ3v) is 3.66. The summed E-state index contributed by atoms with van der Waals surface area (Å²) in [5.74, 6) is -0.147. The smallest absolute Gasteiger partial charge is 0.306 e. The molecule has 0 aliphatic heterocycles. The van der Waals surface area contributed by atoms with Gasteiger partial charge in [-0.2, -0.15) is 0 Å². The summed E-state index contributed by atoms with van der Waals surface area (Å²) in [5.41, 5.74) is 1.06. The molecule has 0 heterocycles. The molecule has 1 aromatic rings. The summed E-state index contributed by atoms with van der Waals surface area (Å²) in [6.45, 7) is 2.13. The van der Waals surface area contributed by atoms with Crippen LogP contribution >= 0.6 is 15.9 Å². The Hall–Kier alpha value is -0.830. The number of halogens is 1. The van der Waals surface area contributed by atoms with Crippen molar-refractivity contribution in [3.05, 3.63) is 35.9 Å². The molecule has 2 nitrogen and oxygen atoms in total.